The summed E-state index contributed by atoms with van der Waals surface area (Å²) in [6, 6.07) is 6.27. The molecule has 1 aromatic carbocycles. The molecule has 3 rings (SSSR count). The van der Waals surface area contributed by atoms with Crippen LogP contribution in [0.1, 0.15) is 32.1 Å². The molecule has 0 spiro atoms. The van der Waals surface area contributed by atoms with E-state index in [1.807, 2.05) is 0 Å². The van der Waals surface area contributed by atoms with Gasteiger partial charge >= 0.3 is 0 Å². The average Bonchev–Trinajstić information content (AvgIpc) is 3.08. The molecular weight excluding hydrogens is 257 g/mol. The van der Waals surface area contributed by atoms with Crippen molar-refractivity contribution in [2.45, 2.75) is 31.6 Å². The number of hydrogen-bond donors (Lipinski definition) is 1. The minimum absolute atomic E-state index is 0.0622. The second-order valence-electron chi connectivity index (χ2n) is 5.39. The Labute approximate surface area is 117 Å². The zero-order valence-electron chi connectivity index (χ0n) is 11.5. The van der Waals surface area contributed by atoms with Crippen molar-refractivity contribution in [3.05, 3.63) is 36.0 Å². The van der Waals surface area contributed by atoms with E-state index in [0.29, 0.717) is 17.3 Å². The maximum atomic E-state index is 13.3. The van der Waals surface area contributed by atoms with Crippen LogP contribution in [0.15, 0.2) is 28.8 Å². The second kappa shape index (κ2) is 5.32. The molecule has 0 amide bonds. The van der Waals surface area contributed by atoms with Gasteiger partial charge in [0.05, 0.1) is 5.41 Å². The van der Waals surface area contributed by atoms with Crippen molar-refractivity contribution in [3.8, 4) is 11.4 Å². The number of halogens is 1. The van der Waals surface area contributed by atoms with Gasteiger partial charge in [0, 0.05) is 12.1 Å². The van der Waals surface area contributed by atoms with Crippen LogP contribution in [0.5, 0.6) is 0 Å². The second-order valence-corrected chi connectivity index (χ2v) is 5.39. The van der Waals surface area contributed by atoms with Crippen molar-refractivity contribution in [1.82, 2.24) is 15.5 Å². The quantitative estimate of drug-likeness (QED) is 0.932. The Balaban J connectivity index is 1.93. The SMILES string of the molecule is CCCC1(c2nc(-c3cccc(F)c3)no2)CCNC1. The molecule has 0 radical (unpaired) electrons. The van der Waals surface area contributed by atoms with Gasteiger partial charge in [-0.05, 0) is 31.5 Å². The third-order valence-electron chi connectivity index (χ3n) is 3.93. The van der Waals surface area contributed by atoms with Crippen molar-refractivity contribution < 1.29 is 8.91 Å². The first kappa shape index (κ1) is 13.2. The molecule has 1 atom stereocenters. The van der Waals surface area contributed by atoms with Crippen LogP contribution >= 0.6 is 0 Å². The van der Waals surface area contributed by atoms with Crippen LogP contribution in [0, 0.1) is 5.82 Å². The summed E-state index contributed by atoms with van der Waals surface area (Å²) in [4.78, 5) is 4.51. The lowest BCUT2D eigenvalue weighted by molar-refractivity contribution is 0.277. The van der Waals surface area contributed by atoms with Crippen molar-refractivity contribution in [2.24, 2.45) is 0 Å². The van der Waals surface area contributed by atoms with E-state index in [0.717, 1.165) is 32.4 Å². The summed E-state index contributed by atoms with van der Waals surface area (Å²) in [5.74, 6) is 0.838. The van der Waals surface area contributed by atoms with Gasteiger partial charge in [-0.1, -0.05) is 30.6 Å². The van der Waals surface area contributed by atoms with E-state index in [1.54, 1.807) is 12.1 Å². The summed E-state index contributed by atoms with van der Waals surface area (Å²) >= 11 is 0. The first-order valence-corrected chi connectivity index (χ1v) is 7.04. The molecule has 2 heterocycles. The molecule has 1 N–H and O–H groups in total. The largest absolute Gasteiger partial charge is 0.338 e. The van der Waals surface area contributed by atoms with E-state index in [2.05, 4.69) is 22.4 Å². The minimum Gasteiger partial charge on any atom is -0.338 e. The molecule has 2 aromatic rings. The summed E-state index contributed by atoms with van der Waals surface area (Å²) in [6.45, 7) is 3.99. The molecule has 1 fully saturated rings. The van der Waals surface area contributed by atoms with E-state index >= 15 is 0 Å². The van der Waals surface area contributed by atoms with E-state index in [-0.39, 0.29) is 11.2 Å². The van der Waals surface area contributed by atoms with E-state index in [4.69, 9.17) is 4.52 Å². The van der Waals surface area contributed by atoms with Gasteiger partial charge in [-0.15, -0.1) is 0 Å². The van der Waals surface area contributed by atoms with E-state index in [9.17, 15) is 4.39 Å². The highest BCUT2D eigenvalue weighted by Gasteiger charge is 2.40. The van der Waals surface area contributed by atoms with Crippen LogP contribution in [-0.2, 0) is 5.41 Å². The Hall–Kier alpha value is -1.75. The van der Waals surface area contributed by atoms with Crippen LogP contribution in [0.4, 0.5) is 4.39 Å². The molecule has 1 unspecified atom stereocenters. The maximum Gasteiger partial charge on any atom is 0.234 e. The summed E-state index contributed by atoms with van der Waals surface area (Å²) in [5.41, 5.74) is 0.588. The number of rotatable bonds is 4. The molecule has 1 aliphatic rings. The number of nitrogens with zero attached hydrogens (tertiary/aromatic N) is 2. The van der Waals surface area contributed by atoms with Gasteiger partial charge in [-0.2, -0.15) is 4.98 Å². The summed E-state index contributed by atoms with van der Waals surface area (Å²) in [5, 5.41) is 7.39. The third kappa shape index (κ3) is 2.33. The fraction of sp³-hybridized carbons (Fsp3) is 0.467. The van der Waals surface area contributed by atoms with E-state index in [1.165, 1.54) is 12.1 Å². The van der Waals surface area contributed by atoms with Crippen molar-refractivity contribution in [1.29, 1.82) is 0 Å². The molecule has 0 bridgehead atoms. The van der Waals surface area contributed by atoms with Crippen molar-refractivity contribution >= 4 is 0 Å². The zero-order chi connectivity index (χ0) is 14.0. The molecule has 1 aliphatic heterocycles. The molecule has 0 saturated carbocycles. The fourth-order valence-corrected chi connectivity index (χ4v) is 2.91. The van der Waals surface area contributed by atoms with Crippen LogP contribution in [0.25, 0.3) is 11.4 Å². The smallest absolute Gasteiger partial charge is 0.234 e. The predicted octanol–water partition coefficient (Wildman–Crippen LogP) is 2.91. The lowest BCUT2D eigenvalue weighted by Gasteiger charge is -2.22. The molecule has 5 heteroatoms. The predicted molar refractivity (Wildman–Crippen MR) is 73.8 cm³/mol. The van der Waals surface area contributed by atoms with Gasteiger partial charge < -0.3 is 9.84 Å². The molecule has 20 heavy (non-hydrogen) atoms. The number of nitrogens with one attached hydrogen (secondary N) is 1. The standard InChI is InChI=1S/C15H18FN3O/c1-2-6-15(7-8-17-10-15)14-18-13(19-20-14)11-4-3-5-12(16)9-11/h3-5,9,17H,2,6-8,10H2,1H3. The molecule has 0 aliphatic carbocycles. The Kier molecular flexibility index (Phi) is 3.53. The Morgan fingerprint density at radius 2 is 2.35 bits per heavy atom. The van der Waals surface area contributed by atoms with Gasteiger partial charge in [0.25, 0.3) is 0 Å². The van der Waals surface area contributed by atoms with Crippen LogP contribution in [-0.4, -0.2) is 23.2 Å². The Morgan fingerprint density at radius 1 is 1.45 bits per heavy atom. The average molecular weight is 275 g/mol. The van der Waals surface area contributed by atoms with Gasteiger partial charge in [-0.3, -0.25) is 0 Å². The molecule has 4 nitrogen and oxygen atoms in total. The third-order valence-corrected chi connectivity index (χ3v) is 3.93. The van der Waals surface area contributed by atoms with Gasteiger partial charge in [0.15, 0.2) is 0 Å². The van der Waals surface area contributed by atoms with Gasteiger partial charge in [-0.25, -0.2) is 4.39 Å². The highest BCUT2D eigenvalue weighted by atomic mass is 19.1. The van der Waals surface area contributed by atoms with E-state index < -0.39 is 0 Å². The lowest BCUT2D eigenvalue weighted by atomic mass is 9.82. The normalized spacial score (nSPS) is 22.3. The molecule has 106 valence electrons. The van der Waals surface area contributed by atoms with Crippen molar-refractivity contribution in [2.75, 3.05) is 13.1 Å². The first-order valence-electron chi connectivity index (χ1n) is 7.04. The Morgan fingerprint density at radius 3 is 3.05 bits per heavy atom. The Bertz CT molecular complexity index is 590. The van der Waals surface area contributed by atoms with Crippen LogP contribution < -0.4 is 5.32 Å². The highest BCUT2D eigenvalue weighted by Crippen LogP contribution is 2.35. The van der Waals surface area contributed by atoms with Crippen LogP contribution in [0.2, 0.25) is 0 Å². The van der Waals surface area contributed by atoms with Crippen LogP contribution in [0.3, 0.4) is 0 Å². The van der Waals surface area contributed by atoms with Crippen molar-refractivity contribution in [3.63, 3.8) is 0 Å². The maximum absolute atomic E-state index is 13.3. The molecular formula is C15H18FN3O. The fourth-order valence-electron chi connectivity index (χ4n) is 2.91. The summed E-state index contributed by atoms with van der Waals surface area (Å²) in [7, 11) is 0. The summed E-state index contributed by atoms with van der Waals surface area (Å²) in [6.07, 6.45) is 3.09. The molecule has 1 aromatic heterocycles. The minimum atomic E-state index is -0.292. The number of hydrogen-bond acceptors (Lipinski definition) is 4. The monoisotopic (exact) mass is 275 g/mol. The number of benzene rings is 1. The van der Waals surface area contributed by atoms with Gasteiger partial charge in [0.2, 0.25) is 11.7 Å². The summed E-state index contributed by atoms with van der Waals surface area (Å²) < 4.78 is 18.7. The number of aromatic nitrogens is 2. The lowest BCUT2D eigenvalue weighted by Crippen LogP contribution is -2.29. The topological polar surface area (TPSA) is 51.0 Å². The molecule has 1 saturated heterocycles. The first-order chi connectivity index (χ1) is 9.73. The highest BCUT2D eigenvalue weighted by molar-refractivity contribution is 5.54. The van der Waals surface area contributed by atoms with Gasteiger partial charge in [0.1, 0.15) is 5.82 Å². The zero-order valence-corrected chi connectivity index (χ0v) is 11.5.